The number of carbonyl (C=O) groups excluding carboxylic acids is 1. The highest BCUT2D eigenvalue weighted by molar-refractivity contribution is 5.94. The fourth-order valence-electron chi connectivity index (χ4n) is 1.53. The second-order valence-electron chi connectivity index (χ2n) is 3.70. The molecule has 0 aliphatic heterocycles. The number of nitrogens with zero attached hydrogens (tertiary/aromatic N) is 2. The Bertz CT molecular complexity index is 532. The molecule has 0 heterocycles. The van der Waals surface area contributed by atoms with Crippen molar-refractivity contribution in [1.82, 2.24) is 0 Å². The number of aliphatic carboxylic acids is 1. The van der Waals surface area contributed by atoms with Crippen LogP contribution in [0.1, 0.15) is 13.3 Å². The Morgan fingerprint density at radius 1 is 1.47 bits per heavy atom. The highest BCUT2D eigenvalue weighted by atomic mass is 19.1. The number of amides is 1. The Labute approximate surface area is 107 Å². The van der Waals surface area contributed by atoms with Crippen LogP contribution in [0.4, 0.5) is 15.8 Å². The van der Waals surface area contributed by atoms with Crippen molar-refractivity contribution in [3.63, 3.8) is 0 Å². The Morgan fingerprint density at radius 2 is 2.11 bits per heavy atom. The number of nitro groups is 1. The van der Waals surface area contributed by atoms with Gasteiger partial charge in [-0.1, -0.05) is 0 Å². The fourth-order valence-corrected chi connectivity index (χ4v) is 1.53. The van der Waals surface area contributed by atoms with E-state index in [1.807, 2.05) is 0 Å². The van der Waals surface area contributed by atoms with Crippen LogP contribution in [0.15, 0.2) is 18.2 Å². The first-order chi connectivity index (χ1) is 8.82. The molecule has 1 aromatic carbocycles. The molecule has 0 aromatic heterocycles. The van der Waals surface area contributed by atoms with E-state index in [2.05, 4.69) is 0 Å². The first-order valence-corrected chi connectivity index (χ1v) is 5.26. The molecule has 0 saturated carbocycles. The van der Waals surface area contributed by atoms with E-state index in [1.54, 1.807) is 0 Å². The van der Waals surface area contributed by atoms with Crippen LogP contribution >= 0.6 is 0 Å². The summed E-state index contributed by atoms with van der Waals surface area (Å²) in [6.45, 7) is 0.923. The van der Waals surface area contributed by atoms with Gasteiger partial charge in [-0.05, 0) is 12.1 Å². The summed E-state index contributed by atoms with van der Waals surface area (Å²) in [6, 6.07) is 2.74. The Morgan fingerprint density at radius 3 is 2.58 bits per heavy atom. The van der Waals surface area contributed by atoms with Crippen molar-refractivity contribution in [3.05, 3.63) is 34.1 Å². The van der Waals surface area contributed by atoms with E-state index < -0.39 is 28.3 Å². The van der Waals surface area contributed by atoms with Crippen molar-refractivity contribution >= 4 is 23.3 Å². The molecule has 1 N–H and O–H groups in total. The van der Waals surface area contributed by atoms with Gasteiger partial charge in [0.05, 0.1) is 17.4 Å². The number of carbonyl (C=O) groups is 2. The van der Waals surface area contributed by atoms with Gasteiger partial charge in [0.15, 0.2) is 0 Å². The molecular formula is C11H11FN2O5. The molecule has 19 heavy (non-hydrogen) atoms. The van der Waals surface area contributed by atoms with Crippen LogP contribution in [0.3, 0.4) is 0 Å². The number of benzene rings is 1. The Balaban J connectivity index is 3.18. The molecular weight excluding hydrogens is 259 g/mol. The molecule has 0 unspecified atom stereocenters. The summed E-state index contributed by atoms with van der Waals surface area (Å²) < 4.78 is 13.0. The van der Waals surface area contributed by atoms with Crippen LogP contribution in [0, 0.1) is 15.9 Å². The predicted molar refractivity (Wildman–Crippen MR) is 63.3 cm³/mol. The predicted octanol–water partition coefficient (Wildman–Crippen LogP) is 1.56. The van der Waals surface area contributed by atoms with E-state index in [9.17, 15) is 24.1 Å². The average molecular weight is 270 g/mol. The summed E-state index contributed by atoms with van der Waals surface area (Å²) in [5, 5.41) is 19.4. The number of halogens is 1. The molecule has 0 saturated heterocycles. The summed E-state index contributed by atoms with van der Waals surface area (Å²) in [5.41, 5.74) is -0.708. The van der Waals surface area contributed by atoms with Crippen molar-refractivity contribution < 1.29 is 24.0 Å². The highest BCUT2D eigenvalue weighted by Crippen LogP contribution is 2.29. The molecule has 7 nitrogen and oxygen atoms in total. The number of carboxylic acids is 1. The molecule has 0 atom stereocenters. The third-order valence-corrected chi connectivity index (χ3v) is 2.35. The molecule has 8 heteroatoms. The maximum atomic E-state index is 13.0. The molecule has 0 radical (unpaired) electrons. The smallest absolute Gasteiger partial charge is 0.305 e. The number of nitro benzene ring substituents is 1. The van der Waals surface area contributed by atoms with Gasteiger partial charge in [-0.25, -0.2) is 4.39 Å². The van der Waals surface area contributed by atoms with Crippen molar-refractivity contribution in [2.24, 2.45) is 0 Å². The largest absolute Gasteiger partial charge is 0.481 e. The Kier molecular flexibility index (Phi) is 4.51. The zero-order valence-electron chi connectivity index (χ0n) is 10.00. The van der Waals surface area contributed by atoms with E-state index >= 15 is 0 Å². The minimum Gasteiger partial charge on any atom is -0.481 e. The molecule has 0 bridgehead atoms. The Hall–Kier alpha value is -2.51. The maximum absolute atomic E-state index is 13.0. The van der Waals surface area contributed by atoms with Crippen molar-refractivity contribution in [2.45, 2.75) is 13.3 Å². The molecule has 0 fully saturated rings. The van der Waals surface area contributed by atoms with Crippen molar-refractivity contribution in [2.75, 3.05) is 11.4 Å². The summed E-state index contributed by atoms with van der Waals surface area (Å²) >= 11 is 0. The van der Waals surface area contributed by atoms with Crippen LogP contribution < -0.4 is 4.90 Å². The maximum Gasteiger partial charge on any atom is 0.305 e. The molecule has 1 rings (SSSR count). The molecule has 0 aliphatic carbocycles. The zero-order valence-corrected chi connectivity index (χ0v) is 10.00. The monoisotopic (exact) mass is 270 g/mol. The molecule has 102 valence electrons. The van der Waals surface area contributed by atoms with Crippen LogP contribution in [-0.2, 0) is 9.59 Å². The zero-order chi connectivity index (χ0) is 14.6. The van der Waals surface area contributed by atoms with E-state index in [-0.39, 0.29) is 18.7 Å². The molecule has 0 aliphatic rings. The van der Waals surface area contributed by atoms with Gasteiger partial charge >= 0.3 is 5.97 Å². The van der Waals surface area contributed by atoms with Gasteiger partial charge in [0, 0.05) is 13.5 Å². The summed E-state index contributed by atoms with van der Waals surface area (Å²) in [4.78, 5) is 32.9. The van der Waals surface area contributed by atoms with E-state index in [0.29, 0.717) is 6.07 Å². The number of hydrogen-bond acceptors (Lipinski definition) is 4. The van der Waals surface area contributed by atoms with Crippen molar-refractivity contribution in [3.8, 4) is 0 Å². The second-order valence-corrected chi connectivity index (χ2v) is 3.70. The minimum absolute atomic E-state index is 0.125. The van der Waals surface area contributed by atoms with Crippen LogP contribution in [0.2, 0.25) is 0 Å². The summed E-state index contributed by atoms with van der Waals surface area (Å²) in [6.07, 6.45) is -0.367. The quantitative estimate of drug-likeness (QED) is 0.646. The number of rotatable bonds is 5. The summed E-state index contributed by atoms with van der Waals surface area (Å²) in [7, 11) is 0. The van der Waals surface area contributed by atoms with Gasteiger partial charge in [0.25, 0.3) is 5.69 Å². The topological polar surface area (TPSA) is 101 Å². The molecule has 1 amide bonds. The lowest BCUT2D eigenvalue weighted by Gasteiger charge is -2.20. The number of carboxylic acid groups (broad SMARTS) is 1. The lowest BCUT2D eigenvalue weighted by molar-refractivity contribution is -0.384. The van der Waals surface area contributed by atoms with Crippen LogP contribution in [-0.4, -0.2) is 28.5 Å². The van der Waals surface area contributed by atoms with Gasteiger partial charge < -0.3 is 10.0 Å². The third kappa shape index (κ3) is 3.73. The second kappa shape index (κ2) is 5.89. The van der Waals surface area contributed by atoms with Gasteiger partial charge in [0.1, 0.15) is 11.5 Å². The van der Waals surface area contributed by atoms with Gasteiger partial charge in [-0.3, -0.25) is 19.7 Å². The van der Waals surface area contributed by atoms with Gasteiger partial charge in [-0.2, -0.15) is 0 Å². The average Bonchev–Trinajstić information content (AvgIpc) is 2.29. The van der Waals surface area contributed by atoms with E-state index in [4.69, 9.17) is 5.11 Å². The first-order valence-electron chi connectivity index (χ1n) is 5.26. The van der Waals surface area contributed by atoms with Crippen LogP contribution in [0.5, 0.6) is 0 Å². The fraction of sp³-hybridized carbons (Fsp3) is 0.273. The number of anilines is 1. The van der Waals surface area contributed by atoms with Crippen LogP contribution in [0.25, 0.3) is 0 Å². The lowest BCUT2D eigenvalue weighted by Crippen LogP contribution is -2.31. The van der Waals surface area contributed by atoms with E-state index in [0.717, 1.165) is 24.0 Å². The van der Waals surface area contributed by atoms with E-state index in [1.165, 1.54) is 0 Å². The molecule has 0 spiro atoms. The van der Waals surface area contributed by atoms with Crippen molar-refractivity contribution in [1.29, 1.82) is 0 Å². The standard InChI is InChI=1S/C11H11FN2O5/c1-7(15)13(5-4-11(16)17)9-3-2-8(12)6-10(9)14(18)19/h2-3,6H,4-5H2,1H3,(H,16,17). The minimum atomic E-state index is -1.14. The van der Waals surface area contributed by atoms with Gasteiger partial charge in [0.2, 0.25) is 5.91 Å². The van der Waals surface area contributed by atoms with Gasteiger partial charge in [-0.15, -0.1) is 0 Å². The first kappa shape index (κ1) is 14.6. The number of hydrogen-bond donors (Lipinski definition) is 1. The SMILES string of the molecule is CC(=O)N(CCC(=O)O)c1ccc(F)cc1[N+](=O)[O-]. The third-order valence-electron chi connectivity index (χ3n) is 2.35. The normalized spacial score (nSPS) is 10.0. The lowest BCUT2D eigenvalue weighted by atomic mass is 10.2. The molecule has 1 aromatic rings. The highest BCUT2D eigenvalue weighted by Gasteiger charge is 2.23. The summed E-state index contributed by atoms with van der Waals surface area (Å²) in [5.74, 6) is -2.51.